The molecule has 1 rings (SSSR count). The number of Topliss-reactive ketones (excluding diaryl/α,β-unsaturated/α-hetero) is 1. The molecule has 0 heterocycles. The molecule has 348 valence electrons. The molecule has 1 aromatic carbocycles. The normalized spacial score (nSPS) is 14.3. The van der Waals surface area contributed by atoms with E-state index in [9.17, 15) is 33.6 Å². The molecule has 0 aliphatic carbocycles. The number of ketones is 1. The van der Waals surface area contributed by atoms with E-state index in [-0.39, 0.29) is 61.5 Å². The summed E-state index contributed by atoms with van der Waals surface area (Å²) in [4.78, 5) is 97.4. The fourth-order valence-corrected chi connectivity index (χ4v) is 7.72. The van der Waals surface area contributed by atoms with E-state index in [4.69, 9.17) is 18.9 Å². The molecule has 62 heavy (non-hydrogen) atoms. The number of likely N-dealkylation sites (N-methyl/N-ethyl adjacent to an activating group) is 3. The van der Waals surface area contributed by atoms with Gasteiger partial charge < -0.3 is 34.1 Å². The molecule has 0 saturated carbocycles. The average molecular weight is 889 g/mol. The summed E-state index contributed by atoms with van der Waals surface area (Å²) in [6.45, 7) is 22.7. The summed E-state index contributed by atoms with van der Waals surface area (Å²) >= 11 is 1.28. The molecule has 0 fully saturated rings. The van der Waals surface area contributed by atoms with Crippen LogP contribution in [-0.4, -0.2) is 145 Å². The lowest BCUT2D eigenvalue weighted by Gasteiger charge is -2.36. The number of esters is 3. The van der Waals surface area contributed by atoms with Gasteiger partial charge in [-0.3, -0.25) is 24.1 Å². The van der Waals surface area contributed by atoms with Crippen molar-refractivity contribution in [2.75, 3.05) is 59.0 Å². The number of carbonyl (C=O) groups excluding carboxylic acids is 7. The number of benzene rings is 1. The number of nitrogens with one attached hydrogen (secondary N) is 1. The molecule has 0 saturated heterocycles. The second kappa shape index (κ2) is 27.4. The van der Waals surface area contributed by atoms with Gasteiger partial charge in [0.25, 0.3) is 0 Å². The molecule has 0 aliphatic heterocycles. The third-order valence-electron chi connectivity index (χ3n) is 9.89. The van der Waals surface area contributed by atoms with Gasteiger partial charge in [-0.05, 0) is 52.4 Å². The van der Waals surface area contributed by atoms with Crippen LogP contribution in [0.2, 0.25) is 0 Å². The SMILES string of the molecule is C=CCOC(=O)[C@H](C)COC(=O)[C@H](C(C)C)N(C)C(=O)[C@H](CSC[C@H](CC)C(=O)N(C)[C@H](C(=O)OC[C@H](CC=C)NCC(=O)c1ccccc1)C(C)C)N(C)C(=O)OC(C)(C)C. The van der Waals surface area contributed by atoms with E-state index in [0.29, 0.717) is 18.4 Å². The highest BCUT2D eigenvalue weighted by Crippen LogP contribution is 2.24. The first-order valence-electron chi connectivity index (χ1n) is 21.1. The zero-order chi connectivity index (χ0) is 47.3. The standard InChI is InChI=1S/C46H72N4O11S/c1-15-21-35(47-25-37(51)34-22-19-18-20-23-34)27-60-44(56)38(30(4)5)49(13)40(52)33(17-3)28-62-29-36(48(12)45(57)61-46(9,10)11)41(53)50(14)39(31(6)7)43(55)59-26-32(8)42(54)58-24-16-2/h15-16,18-20,22-23,30-33,35-36,38-39,47H,1-2,17,21,24-29H2,3-14H3/t32-,33+,35+,36+,38+,39+/m1/s1. The molecule has 0 aromatic heterocycles. The van der Waals surface area contributed by atoms with Gasteiger partial charge in [-0.2, -0.15) is 11.8 Å². The highest BCUT2D eigenvalue weighted by atomic mass is 32.2. The maximum Gasteiger partial charge on any atom is 0.410 e. The van der Waals surface area contributed by atoms with Crippen LogP contribution in [0.15, 0.2) is 55.6 Å². The molecular weight excluding hydrogens is 817 g/mol. The maximum absolute atomic E-state index is 14.3. The van der Waals surface area contributed by atoms with Gasteiger partial charge >= 0.3 is 24.0 Å². The van der Waals surface area contributed by atoms with Gasteiger partial charge in [0.15, 0.2) is 5.78 Å². The monoisotopic (exact) mass is 888 g/mol. The number of carbonyl (C=O) groups is 7. The molecule has 1 N–H and O–H groups in total. The Hall–Kier alpha value is -4.70. The highest BCUT2D eigenvalue weighted by molar-refractivity contribution is 7.99. The van der Waals surface area contributed by atoms with Crippen LogP contribution in [0.25, 0.3) is 0 Å². The van der Waals surface area contributed by atoms with Gasteiger partial charge in [0.2, 0.25) is 11.8 Å². The first-order valence-corrected chi connectivity index (χ1v) is 22.3. The number of rotatable bonds is 27. The van der Waals surface area contributed by atoms with Crippen molar-refractivity contribution in [1.82, 2.24) is 20.0 Å². The average Bonchev–Trinajstić information content (AvgIpc) is 3.21. The van der Waals surface area contributed by atoms with Crippen LogP contribution in [0, 0.1) is 23.7 Å². The van der Waals surface area contributed by atoms with Crippen molar-refractivity contribution in [2.45, 2.75) is 105 Å². The van der Waals surface area contributed by atoms with E-state index >= 15 is 0 Å². The highest BCUT2D eigenvalue weighted by Gasteiger charge is 2.39. The molecule has 0 aliphatic rings. The molecule has 0 radical (unpaired) electrons. The Morgan fingerprint density at radius 2 is 1.29 bits per heavy atom. The largest absolute Gasteiger partial charge is 0.463 e. The summed E-state index contributed by atoms with van der Waals surface area (Å²) in [6, 6.07) is 5.39. The van der Waals surface area contributed by atoms with Gasteiger partial charge in [0, 0.05) is 50.2 Å². The summed E-state index contributed by atoms with van der Waals surface area (Å²) in [5, 5.41) is 3.15. The minimum atomic E-state index is -1.12. The van der Waals surface area contributed by atoms with Gasteiger partial charge in [0.05, 0.1) is 12.5 Å². The van der Waals surface area contributed by atoms with E-state index in [0.717, 1.165) is 0 Å². The van der Waals surface area contributed by atoms with Crippen LogP contribution in [0.5, 0.6) is 0 Å². The van der Waals surface area contributed by atoms with Gasteiger partial charge in [-0.1, -0.05) is 83.7 Å². The van der Waals surface area contributed by atoms with Crippen LogP contribution in [0.4, 0.5) is 4.79 Å². The fourth-order valence-electron chi connectivity index (χ4n) is 6.33. The van der Waals surface area contributed by atoms with Crippen molar-refractivity contribution in [3.63, 3.8) is 0 Å². The zero-order valence-electron chi connectivity index (χ0n) is 39.0. The molecule has 3 amide bonds. The Morgan fingerprint density at radius 3 is 1.79 bits per heavy atom. The topological polar surface area (TPSA) is 178 Å². The summed E-state index contributed by atoms with van der Waals surface area (Å²) < 4.78 is 21.9. The van der Waals surface area contributed by atoms with Crippen LogP contribution < -0.4 is 5.32 Å². The number of nitrogens with zero attached hydrogens (tertiary/aromatic N) is 3. The maximum atomic E-state index is 14.3. The van der Waals surface area contributed by atoms with E-state index in [1.807, 2.05) is 26.8 Å². The smallest absolute Gasteiger partial charge is 0.410 e. The second-order valence-electron chi connectivity index (χ2n) is 17.0. The summed E-state index contributed by atoms with van der Waals surface area (Å²) in [5.74, 6) is -4.61. The second-order valence-corrected chi connectivity index (χ2v) is 18.1. The first-order chi connectivity index (χ1) is 29.0. The van der Waals surface area contributed by atoms with E-state index in [1.165, 1.54) is 46.6 Å². The Balaban J connectivity index is 3.17. The van der Waals surface area contributed by atoms with Gasteiger partial charge in [0.1, 0.15) is 43.5 Å². The van der Waals surface area contributed by atoms with Crippen LogP contribution in [0.1, 0.15) is 85.5 Å². The van der Waals surface area contributed by atoms with Gasteiger partial charge in [-0.15, -0.1) is 6.58 Å². The summed E-state index contributed by atoms with van der Waals surface area (Å²) in [7, 11) is 4.46. The molecule has 1 aromatic rings. The van der Waals surface area contributed by atoms with Crippen molar-refractivity contribution in [2.24, 2.45) is 23.7 Å². The summed E-state index contributed by atoms with van der Waals surface area (Å²) in [6.07, 6.45) is 3.19. The number of thioether (sulfide) groups is 1. The molecule has 6 atom stereocenters. The zero-order valence-corrected chi connectivity index (χ0v) is 39.8. The lowest BCUT2D eigenvalue weighted by molar-refractivity contribution is -0.161. The predicted molar refractivity (Wildman–Crippen MR) is 241 cm³/mol. The van der Waals surface area contributed by atoms with E-state index < -0.39 is 71.4 Å². The van der Waals surface area contributed by atoms with Crippen LogP contribution >= 0.6 is 11.8 Å². The lowest BCUT2D eigenvalue weighted by Crippen LogP contribution is -2.56. The van der Waals surface area contributed by atoms with Crippen LogP contribution in [-0.2, 0) is 42.9 Å². The Morgan fingerprint density at radius 1 is 0.742 bits per heavy atom. The molecular formula is C46H72N4O11S. The number of hydrogen-bond donors (Lipinski definition) is 1. The van der Waals surface area contributed by atoms with Crippen molar-refractivity contribution in [1.29, 1.82) is 0 Å². The Labute approximate surface area is 373 Å². The van der Waals surface area contributed by atoms with E-state index in [2.05, 4.69) is 18.5 Å². The van der Waals surface area contributed by atoms with Crippen molar-refractivity contribution < 1.29 is 52.5 Å². The molecule has 15 nitrogen and oxygen atoms in total. The third-order valence-corrected chi connectivity index (χ3v) is 11.1. The third kappa shape index (κ3) is 18.3. The van der Waals surface area contributed by atoms with E-state index in [1.54, 1.807) is 78.9 Å². The lowest BCUT2D eigenvalue weighted by atomic mass is 10.00. The Bertz CT molecular complexity index is 1650. The summed E-state index contributed by atoms with van der Waals surface area (Å²) in [5.41, 5.74) is -0.304. The number of ether oxygens (including phenoxy) is 4. The van der Waals surface area contributed by atoms with Crippen LogP contribution in [0.3, 0.4) is 0 Å². The predicted octanol–water partition coefficient (Wildman–Crippen LogP) is 5.82. The fraction of sp³-hybridized carbons (Fsp3) is 0.630. The van der Waals surface area contributed by atoms with Gasteiger partial charge in [-0.25, -0.2) is 14.4 Å². The molecule has 0 bridgehead atoms. The first kappa shape index (κ1) is 55.3. The quantitative estimate of drug-likeness (QED) is 0.0485. The number of amides is 3. The van der Waals surface area contributed by atoms with Crippen molar-refractivity contribution in [3.05, 3.63) is 61.2 Å². The molecule has 0 unspecified atom stereocenters. The molecule has 16 heteroatoms. The minimum absolute atomic E-state index is 0.0155. The van der Waals surface area contributed by atoms with Crippen molar-refractivity contribution in [3.8, 4) is 0 Å². The van der Waals surface area contributed by atoms with Crippen molar-refractivity contribution >= 4 is 53.4 Å². The Kier molecular flexibility index (Phi) is 24.4. The number of hydrogen-bond acceptors (Lipinski definition) is 13. The minimum Gasteiger partial charge on any atom is -0.463 e. The molecule has 0 spiro atoms.